The van der Waals surface area contributed by atoms with Gasteiger partial charge in [-0.15, -0.1) is 0 Å². The lowest BCUT2D eigenvalue weighted by molar-refractivity contribution is 0.0783. The smallest absolute Gasteiger partial charge is 0.257 e. The zero-order chi connectivity index (χ0) is 17.1. The summed E-state index contributed by atoms with van der Waals surface area (Å²) in [6.07, 6.45) is 0.0249. The van der Waals surface area contributed by atoms with Gasteiger partial charge in [-0.1, -0.05) is 42.5 Å². The van der Waals surface area contributed by atoms with Gasteiger partial charge in [-0.05, 0) is 31.5 Å². The molecule has 24 heavy (non-hydrogen) atoms. The lowest BCUT2D eigenvalue weighted by Crippen LogP contribution is -2.32. The van der Waals surface area contributed by atoms with Crippen LogP contribution in [0.3, 0.4) is 0 Å². The number of rotatable bonds is 4. The molecule has 4 heteroatoms. The van der Waals surface area contributed by atoms with E-state index in [1.165, 1.54) is 5.56 Å². The van der Waals surface area contributed by atoms with Crippen molar-refractivity contribution in [2.45, 2.75) is 31.9 Å². The number of nitrogens with zero attached hydrogens (tertiary/aromatic N) is 1. The molecule has 4 nitrogen and oxygen atoms in total. The number of amides is 1. The Bertz CT molecular complexity index is 700. The van der Waals surface area contributed by atoms with Crippen molar-refractivity contribution >= 4 is 5.91 Å². The van der Waals surface area contributed by atoms with Gasteiger partial charge in [0, 0.05) is 25.0 Å². The largest absolute Gasteiger partial charge is 0.490 e. The van der Waals surface area contributed by atoms with E-state index in [4.69, 9.17) is 10.5 Å². The number of para-hydroxylation sites is 1. The van der Waals surface area contributed by atoms with Gasteiger partial charge >= 0.3 is 0 Å². The Kier molecular flexibility index (Phi) is 4.86. The summed E-state index contributed by atoms with van der Waals surface area (Å²) in [4.78, 5) is 14.8. The summed E-state index contributed by atoms with van der Waals surface area (Å²) < 4.78 is 5.79. The van der Waals surface area contributed by atoms with E-state index in [2.05, 4.69) is 12.1 Å². The lowest BCUT2D eigenvalue weighted by Gasteiger charge is -2.19. The van der Waals surface area contributed by atoms with Crippen LogP contribution in [0.1, 0.15) is 35.7 Å². The summed E-state index contributed by atoms with van der Waals surface area (Å²) in [5.74, 6) is 0.794. The first-order valence-electron chi connectivity index (χ1n) is 8.41. The molecule has 2 N–H and O–H groups in total. The minimum absolute atomic E-state index is 0.0138. The van der Waals surface area contributed by atoms with Crippen LogP contribution in [0.2, 0.25) is 0 Å². The second-order valence-corrected chi connectivity index (χ2v) is 6.55. The van der Waals surface area contributed by atoms with E-state index in [-0.39, 0.29) is 24.0 Å². The van der Waals surface area contributed by atoms with E-state index in [9.17, 15) is 4.79 Å². The summed E-state index contributed by atoms with van der Waals surface area (Å²) in [7, 11) is 0. The minimum Gasteiger partial charge on any atom is -0.490 e. The molecule has 0 bridgehead atoms. The molecule has 0 aliphatic carbocycles. The maximum Gasteiger partial charge on any atom is 0.257 e. The molecule has 0 aromatic heterocycles. The molecular weight excluding hydrogens is 300 g/mol. The normalized spacial score (nSPS) is 20.4. The van der Waals surface area contributed by atoms with E-state index in [1.807, 2.05) is 61.2 Å². The van der Waals surface area contributed by atoms with Crippen molar-refractivity contribution in [3.05, 3.63) is 65.7 Å². The van der Waals surface area contributed by atoms with Gasteiger partial charge in [0.25, 0.3) is 5.91 Å². The first-order valence-corrected chi connectivity index (χ1v) is 8.41. The molecule has 0 spiro atoms. The third-order valence-corrected chi connectivity index (χ3v) is 4.36. The molecule has 126 valence electrons. The number of hydrogen-bond donors (Lipinski definition) is 1. The number of carbonyl (C=O) groups is 1. The summed E-state index contributed by atoms with van der Waals surface area (Å²) >= 11 is 0. The zero-order valence-electron chi connectivity index (χ0n) is 14.2. The van der Waals surface area contributed by atoms with E-state index in [0.717, 1.165) is 0 Å². The Morgan fingerprint density at radius 2 is 1.75 bits per heavy atom. The van der Waals surface area contributed by atoms with Crippen LogP contribution in [0.4, 0.5) is 0 Å². The van der Waals surface area contributed by atoms with Gasteiger partial charge < -0.3 is 15.4 Å². The van der Waals surface area contributed by atoms with Gasteiger partial charge in [-0.3, -0.25) is 4.79 Å². The molecule has 1 fully saturated rings. The molecule has 1 saturated heterocycles. The fourth-order valence-corrected chi connectivity index (χ4v) is 3.22. The first kappa shape index (κ1) is 16.5. The van der Waals surface area contributed by atoms with Crippen LogP contribution in [-0.4, -0.2) is 36.0 Å². The predicted octanol–water partition coefficient (Wildman–Crippen LogP) is 3.04. The molecular formula is C20H24N2O2. The number of nitrogens with two attached hydrogens (primary N) is 1. The molecule has 1 amide bonds. The van der Waals surface area contributed by atoms with Crippen molar-refractivity contribution in [2.75, 3.05) is 13.1 Å². The van der Waals surface area contributed by atoms with Gasteiger partial charge in [-0.25, -0.2) is 0 Å². The third-order valence-electron chi connectivity index (χ3n) is 4.36. The molecule has 2 aromatic carbocycles. The maximum atomic E-state index is 13.0. The second-order valence-electron chi connectivity index (χ2n) is 6.55. The van der Waals surface area contributed by atoms with Crippen LogP contribution >= 0.6 is 0 Å². The van der Waals surface area contributed by atoms with Crippen LogP contribution in [-0.2, 0) is 0 Å². The fourth-order valence-electron chi connectivity index (χ4n) is 3.22. The Morgan fingerprint density at radius 3 is 2.46 bits per heavy atom. The number of benzene rings is 2. The van der Waals surface area contributed by atoms with Crippen molar-refractivity contribution in [2.24, 2.45) is 5.73 Å². The number of ether oxygens (including phenoxy) is 1. The summed E-state index contributed by atoms with van der Waals surface area (Å²) in [5.41, 5.74) is 8.10. The molecule has 0 unspecified atom stereocenters. The maximum absolute atomic E-state index is 13.0. The molecule has 2 aromatic rings. The van der Waals surface area contributed by atoms with Crippen LogP contribution in [0.5, 0.6) is 5.75 Å². The highest BCUT2D eigenvalue weighted by Crippen LogP contribution is 2.29. The highest BCUT2D eigenvalue weighted by atomic mass is 16.5. The van der Waals surface area contributed by atoms with Gasteiger partial charge in [0.1, 0.15) is 5.75 Å². The molecule has 0 radical (unpaired) electrons. The monoisotopic (exact) mass is 324 g/mol. The SMILES string of the molecule is CC(C)Oc1ccccc1C(=O)N1C[C@@H](N)[C@H](c2ccccc2)C1. The summed E-state index contributed by atoms with van der Waals surface area (Å²) in [5, 5.41) is 0. The van der Waals surface area contributed by atoms with E-state index in [0.29, 0.717) is 24.4 Å². The van der Waals surface area contributed by atoms with Crippen molar-refractivity contribution in [3.63, 3.8) is 0 Å². The Labute approximate surface area is 143 Å². The van der Waals surface area contributed by atoms with Crippen molar-refractivity contribution in [3.8, 4) is 5.75 Å². The Morgan fingerprint density at radius 1 is 1.08 bits per heavy atom. The summed E-state index contributed by atoms with van der Waals surface area (Å²) in [6, 6.07) is 17.5. The number of likely N-dealkylation sites (tertiary alicyclic amines) is 1. The van der Waals surface area contributed by atoms with Crippen LogP contribution in [0.25, 0.3) is 0 Å². The van der Waals surface area contributed by atoms with Crippen molar-refractivity contribution < 1.29 is 9.53 Å². The quantitative estimate of drug-likeness (QED) is 0.940. The van der Waals surface area contributed by atoms with Gasteiger partial charge in [0.15, 0.2) is 0 Å². The zero-order valence-corrected chi connectivity index (χ0v) is 14.2. The topological polar surface area (TPSA) is 55.6 Å². The van der Waals surface area contributed by atoms with E-state index in [1.54, 1.807) is 0 Å². The van der Waals surface area contributed by atoms with Gasteiger partial charge in [-0.2, -0.15) is 0 Å². The fraction of sp³-hybridized carbons (Fsp3) is 0.350. The first-order chi connectivity index (χ1) is 11.6. The number of hydrogen-bond acceptors (Lipinski definition) is 3. The Balaban J connectivity index is 1.80. The average molecular weight is 324 g/mol. The van der Waals surface area contributed by atoms with Gasteiger partial charge in [0.2, 0.25) is 0 Å². The molecule has 3 rings (SSSR count). The highest BCUT2D eigenvalue weighted by molar-refractivity contribution is 5.97. The second kappa shape index (κ2) is 7.05. The van der Waals surface area contributed by atoms with Gasteiger partial charge in [0.05, 0.1) is 11.7 Å². The third kappa shape index (κ3) is 3.44. The van der Waals surface area contributed by atoms with Crippen molar-refractivity contribution in [1.82, 2.24) is 4.90 Å². The summed E-state index contributed by atoms with van der Waals surface area (Å²) in [6.45, 7) is 5.12. The molecule has 1 aliphatic rings. The standard InChI is InChI=1S/C20H24N2O2/c1-14(2)24-19-11-7-6-10-16(19)20(23)22-12-17(18(21)13-22)15-8-4-3-5-9-15/h3-11,14,17-18H,12-13,21H2,1-2H3/t17-,18+/m0/s1. The van der Waals surface area contributed by atoms with Crippen LogP contribution < -0.4 is 10.5 Å². The number of carbonyl (C=O) groups excluding carboxylic acids is 1. The van der Waals surface area contributed by atoms with E-state index < -0.39 is 0 Å². The molecule has 2 atom stereocenters. The van der Waals surface area contributed by atoms with E-state index >= 15 is 0 Å². The highest BCUT2D eigenvalue weighted by Gasteiger charge is 2.35. The van der Waals surface area contributed by atoms with Crippen LogP contribution in [0, 0.1) is 0 Å². The van der Waals surface area contributed by atoms with Crippen LogP contribution in [0.15, 0.2) is 54.6 Å². The Hall–Kier alpha value is -2.33. The lowest BCUT2D eigenvalue weighted by atomic mass is 9.95. The minimum atomic E-state index is -0.0467. The predicted molar refractivity (Wildman–Crippen MR) is 95.3 cm³/mol. The van der Waals surface area contributed by atoms with Crippen molar-refractivity contribution in [1.29, 1.82) is 0 Å². The molecule has 1 aliphatic heterocycles. The average Bonchev–Trinajstić information content (AvgIpc) is 2.97. The molecule has 0 saturated carbocycles. The molecule has 1 heterocycles.